The van der Waals surface area contributed by atoms with Crippen molar-refractivity contribution < 1.29 is 4.79 Å². The van der Waals surface area contributed by atoms with Crippen LogP contribution in [0.2, 0.25) is 0 Å². The molecule has 1 aromatic heterocycles. The lowest BCUT2D eigenvalue weighted by molar-refractivity contribution is -0.129. The molecule has 1 N–H and O–H groups in total. The Hall–Kier alpha value is -0.870. The number of hydrogen-bond acceptors (Lipinski definition) is 3. The highest BCUT2D eigenvalue weighted by Gasteiger charge is 2.22. The molecule has 1 aliphatic rings. The Morgan fingerprint density at radius 1 is 1.53 bits per heavy atom. The lowest BCUT2D eigenvalue weighted by atomic mass is 10.0. The van der Waals surface area contributed by atoms with Crippen LogP contribution in [0.3, 0.4) is 0 Å². The molecule has 0 aliphatic carbocycles. The second-order valence-electron chi connectivity index (χ2n) is 4.68. The molecule has 1 amide bonds. The largest absolute Gasteiger partial charge is 0.343 e. The molecule has 4 heteroatoms. The molecule has 0 aromatic carbocycles. The first-order valence-corrected chi connectivity index (χ1v) is 7.09. The molecular formula is C13H20N2OS. The highest BCUT2D eigenvalue weighted by molar-refractivity contribution is 7.10. The van der Waals surface area contributed by atoms with Crippen LogP contribution in [0, 0.1) is 0 Å². The lowest BCUT2D eigenvalue weighted by Gasteiger charge is -2.33. The van der Waals surface area contributed by atoms with Gasteiger partial charge in [-0.2, -0.15) is 0 Å². The van der Waals surface area contributed by atoms with Gasteiger partial charge in [-0.1, -0.05) is 6.07 Å². The van der Waals surface area contributed by atoms with Gasteiger partial charge in [-0.3, -0.25) is 4.79 Å². The Labute approximate surface area is 107 Å². The van der Waals surface area contributed by atoms with E-state index in [2.05, 4.69) is 29.8 Å². The van der Waals surface area contributed by atoms with Gasteiger partial charge in [-0.25, -0.2) is 0 Å². The summed E-state index contributed by atoms with van der Waals surface area (Å²) in [5.74, 6) is 0.203. The smallest absolute Gasteiger partial charge is 0.219 e. The van der Waals surface area contributed by atoms with Crippen LogP contribution < -0.4 is 5.32 Å². The van der Waals surface area contributed by atoms with E-state index < -0.39 is 0 Å². The molecule has 1 atom stereocenters. The summed E-state index contributed by atoms with van der Waals surface area (Å²) in [4.78, 5) is 14.5. The summed E-state index contributed by atoms with van der Waals surface area (Å²) in [6, 6.07) is 5.23. The van der Waals surface area contributed by atoms with E-state index in [1.54, 1.807) is 18.3 Å². The van der Waals surface area contributed by atoms with Crippen LogP contribution >= 0.6 is 11.3 Å². The van der Waals surface area contributed by atoms with Gasteiger partial charge in [-0.15, -0.1) is 11.3 Å². The number of thiophene rings is 1. The topological polar surface area (TPSA) is 32.3 Å². The molecule has 0 saturated carbocycles. The average molecular weight is 252 g/mol. The first kappa shape index (κ1) is 12.6. The molecule has 2 heterocycles. The van der Waals surface area contributed by atoms with Gasteiger partial charge in [0.2, 0.25) is 5.91 Å². The Balaban J connectivity index is 1.80. The second kappa shape index (κ2) is 5.65. The number of carbonyl (C=O) groups excluding carboxylic acids is 1. The molecule has 2 rings (SSSR count). The van der Waals surface area contributed by atoms with E-state index in [1.165, 1.54) is 4.88 Å². The molecule has 3 nitrogen and oxygen atoms in total. The fraction of sp³-hybridized carbons (Fsp3) is 0.615. The van der Waals surface area contributed by atoms with Gasteiger partial charge in [0.05, 0.1) is 0 Å². The summed E-state index contributed by atoms with van der Waals surface area (Å²) in [5.41, 5.74) is 0. The van der Waals surface area contributed by atoms with Crippen LogP contribution in [0.5, 0.6) is 0 Å². The molecule has 0 unspecified atom stereocenters. The Morgan fingerprint density at radius 3 is 2.76 bits per heavy atom. The zero-order valence-corrected chi connectivity index (χ0v) is 11.3. The molecule has 0 radical (unpaired) electrons. The number of rotatable bonds is 3. The van der Waals surface area contributed by atoms with E-state index in [9.17, 15) is 4.79 Å². The van der Waals surface area contributed by atoms with E-state index in [0.29, 0.717) is 12.1 Å². The van der Waals surface area contributed by atoms with Crippen molar-refractivity contribution in [1.82, 2.24) is 10.2 Å². The third-order valence-electron chi connectivity index (χ3n) is 3.40. The predicted octanol–water partition coefficient (Wildman–Crippen LogP) is 2.41. The molecule has 0 bridgehead atoms. The van der Waals surface area contributed by atoms with Gasteiger partial charge in [0, 0.05) is 37.0 Å². The van der Waals surface area contributed by atoms with Gasteiger partial charge in [-0.05, 0) is 31.2 Å². The summed E-state index contributed by atoms with van der Waals surface area (Å²) in [6.45, 7) is 5.65. The minimum atomic E-state index is 0.203. The average Bonchev–Trinajstić information content (AvgIpc) is 2.83. The fourth-order valence-electron chi connectivity index (χ4n) is 2.33. The molecule has 1 aliphatic heterocycles. The number of likely N-dealkylation sites (tertiary alicyclic amines) is 1. The number of nitrogens with zero attached hydrogens (tertiary/aromatic N) is 1. The second-order valence-corrected chi connectivity index (χ2v) is 5.66. The Morgan fingerprint density at radius 2 is 2.24 bits per heavy atom. The predicted molar refractivity (Wildman–Crippen MR) is 71.1 cm³/mol. The van der Waals surface area contributed by atoms with Crippen molar-refractivity contribution in [2.24, 2.45) is 0 Å². The van der Waals surface area contributed by atoms with Crippen LogP contribution in [0.25, 0.3) is 0 Å². The number of carbonyl (C=O) groups is 1. The Kier molecular flexibility index (Phi) is 4.18. The summed E-state index contributed by atoms with van der Waals surface area (Å²) in [7, 11) is 0. The normalized spacial score (nSPS) is 19.3. The van der Waals surface area contributed by atoms with Gasteiger partial charge in [0.25, 0.3) is 0 Å². The maximum Gasteiger partial charge on any atom is 0.219 e. The van der Waals surface area contributed by atoms with Crippen LogP contribution in [0.4, 0.5) is 0 Å². The van der Waals surface area contributed by atoms with Crippen molar-refractivity contribution in [3.05, 3.63) is 22.4 Å². The van der Waals surface area contributed by atoms with Crippen LogP contribution in [0.1, 0.15) is 37.6 Å². The first-order valence-electron chi connectivity index (χ1n) is 6.22. The van der Waals surface area contributed by atoms with E-state index >= 15 is 0 Å². The monoisotopic (exact) mass is 252 g/mol. The van der Waals surface area contributed by atoms with E-state index in [-0.39, 0.29) is 5.91 Å². The standard InChI is InChI=1S/C13H20N2OS/c1-10(13-4-3-9-17-13)14-12-5-7-15(8-6-12)11(2)16/h3-4,9-10,12,14H,5-8H2,1-2H3/t10-/m0/s1. The quantitative estimate of drug-likeness (QED) is 0.896. The molecular weight excluding hydrogens is 232 g/mol. The van der Waals surface area contributed by atoms with Crippen molar-refractivity contribution in [2.75, 3.05) is 13.1 Å². The van der Waals surface area contributed by atoms with E-state index in [1.807, 2.05) is 4.90 Å². The third-order valence-corrected chi connectivity index (χ3v) is 4.45. The Bertz CT molecular complexity index is 356. The van der Waals surface area contributed by atoms with Gasteiger partial charge in [0.15, 0.2) is 0 Å². The number of piperidine rings is 1. The maximum atomic E-state index is 11.2. The van der Waals surface area contributed by atoms with Crippen molar-refractivity contribution >= 4 is 17.2 Å². The molecule has 0 spiro atoms. The minimum Gasteiger partial charge on any atom is -0.343 e. The zero-order valence-electron chi connectivity index (χ0n) is 10.5. The third kappa shape index (κ3) is 3.30. The van der Waals surface area contributed by atoms with Crippen LogP contribution in [-0.2, 0) is 4.79 Å². The molecule has 1 saturated heterocycles. The summed E-state index contributed by atoms with van der Waals surface area (Å²) in [6.07, 6.45) is 2.13. The molecule has 17 heavy (non-hydrogen) atoms. The van der Waals surface area contributed by atoms with Gasteiger partial charge in [0.1, 0.15) is 0 Å². The van der Waals surface area contributed by atoms with Crippen LogP contribution in [-0.4, -0.2) is 29.9 Å². The van der Waals surface area contributed by atoms with Crippen molar-refractivity contribution in [1.29, 1.82) is 0 Å². The highest BCUT2D eigenvalue weighted by Crippen LogP contribution is 2.21. The lowest BCUT2D eigenvalue weighted by Crippen LogP contribution is -2.44. The number of amides is 1. The van der Waals surface area contributed by atoms with Crippen molar-refractivity contribution in [3.63, 3.8) is 0 Å². The maximum absolute atomic E-state index is 11.2. The van der Waals surface area contributed by atoms with Gasteiger partial charge < -0.3 is 10.2 Å². The zero-order chi connectivity index (χ0) is 12.3. The van der Waals surface area contributed by atoms with Crippen molar-refractivity contribution in [2.45, 2.75) is 38.8 Å². The SMILES string of the molecule is CC(=O)N1CCC(N[C@@H](C)c2cccs2)CC1. The summed E-state index contributed by atoms with van der Waals surface area (Å²) < 4.78 is 0. The summed E-state index contributed by atoms with van der Waals surface area (Å²) >= 11 is 1.80. The van der Waals surface area contributed by atoms with Crippen molar-refractivity contribution in [3.8, 4) is 0 Å². The number of hydrogen-bond donors (Lipinski definition) is 1. The van der Waals surface area contributed by atoms with Gasteiger partial charge >= 0.3 is 0 Å². The van der Waals surface area contributed by atoms with E-state index in [0.717, 1.165) is 25.9 Å². The summed E-state index contributed by atoms with van der Waals surface area (Å²) in [5, 5.41) is 5.77. The molecule has 94 valence electrons. The fourth-order valence-corrected chi connectivity index (χ4v) is 3.08. The molecule has 1 aromatic rings. The first-order chi connectivity index (χ1) is 8.16. The minimum absolute atomic E-state index is 0.203. The molecule has 1 fully saturated rings. The number of nitrogens with one attached hydrogen (secondary N) is 1. The van der Waals surface area contributed by atoms with E-state index in [4.69, 9.17) is 0 Å². The van der Waals surface area contributed by atoms with Crippen LogP contribution in [0.15, 0.2) is 17.5 Å². The highest BCUT2D eigenvalue weighted by atomic mass is 32.1.